The predicted molar refractivity (Wildman–Crippen MR) is 93.8 cm³/mol. The lowest BCUT2D eigenvalue weighted by atomic mass is 10.1. The molecule has 1 fully saturated rings. The van der Waals surface area contributed by atoms with Crippen molar-refractivity contribution in [1.29, 1.82) is 0 Å². The number of rotatable bonds is 6. The van der Waals surface area contributed by atoms with Gasteiger partial charge in [0.25, 0.3) is 5.24 Å². The van der Waals surface area contributed by atoms with Gasteiger partial charge in [-0.3, -0.25) is 19.3 Å². The largest absolute Gasteiger partial charge is 0.353 e. The number of hydrogen-bond acceptors (Lipinski definition) is 5. The summed E-state index contributed by atoms with van der Waals surface area (Å²) in [7, 11) is 0. The van der Waals surface area contributed by atoms with Gasteiger partial charge < -0.3 is 5.32 Å². The normalized spacial score (nSPS) is 15.9. The summed E-state index contributed by atoms with van der Waals surface area (Å²) in [6, 6.07) is 6.13. The SMILES string of the molecule is Cc1ccc(S[C@@H](C)C(=O)NCCN2C(=O)CSC2=O)cc1C. The Bertz CT molecular complexity index is 618. The van der Waals surface area contributed by atoms with Gasteiger partial charge in [-0.2, -0.15) is 0 Å². The van der Waals surface area contributed by atoms with Crippen LogP contribution in [0.4, 0.5) is 4.79 Å². The molecule has 1 N–H and O–H groups in total. The Kier molecular flexibility index (Phi) is 6.12. The molecule has 5 nitrogen and oxygen atoms in total. The van der Waals surface area contributed by atoms with E-state index in [1.807, 2.05) is 26.0 Å². The van der Waals surface area contributed by atoms with Gasteiger partial charge in [0.1, 0.15) is 0 Å². The molecule has 0 radical (unpaired) electrons. The number of nitrogens with zero attached hydrogens (tertiary/aromatic N) is 1. The molecule has 1 aliphatic heterocycles. The lowest BCUT2D eigenvalue weighted by molar-refractivity contribution is -0.125. The highest BCUT2D eigenvalue weighted by Crippen LogP contribution is 2.25. The summed E-state index contributed by atoms with van der Waals surface area (Å²) in [5.41, 5.74) is 2.43. The number of imide groups is 1. The van der Waals surface area contributed by atoms with Gasteiger partial charge >= 0.3 is 0 Å². The third-order valence-corrected chi connectivity index (χ3v) is 5.59. The second-order valence-corrected chi connectivity index (χ2v) is 7.74. The molecule has 0 aromatic heterocycles. The van der Waals surface area contributed by atoms with Gasteiger partial charge in [-0.25, -0.2) is 0 Å². The highest BCUT2D eigenvalue weighted by molar-refractivity contribution is 8.14. The molecule has 0 spiro atoms. The van der Waals surface area contributed by atoms with Gasteiger partial charge in [0.2, 0.25) is 11.8 Å². The van der Waals surface area contributed by atoms with Crippen LogP contribution in [-0.2, 0) is 9.59 Å². The van der Waals surface area contributed by atoms with E-state index in [0.29, 0.717) is 0 Å². The van der Waals surface area contributed by atoms with Gasteiger partial charge in [0.05, 0.1) is 11.0 Å². The van der Waals surface area contributed by atoms with Crippen LogP contribution in [-0.4, -0.2) is 46.0 Å². The fourth-order valence-corrected chi connectivity index (χ4v) is 3.82. The van der Waals surface area contributed by atoms with Gasteiger partial charge in [-0.1, -0.05) is 17.8 Å². The molecule has 1 heterocycles. The van der Waals surface area contributed by atoms with Gasteiger partial charge in [0, 0.05) is 18.0 Å². The molecule has 7 heteroatoms. The zero-order chi connectivity index (χ0) is 17.0. The molecular formula is C16H20N2O3S2. The standard InChI is InChI=1S/C16H20N2O3S2/c1-10-4-5-13(8-11(10)2)23-12(3)15(20)17-6-7-18-14(19)9-22-16(18)21/h4-5,8,12H,6-7,9H2,1-3H3,(H,17,20)/t12-/m0/s1. The van der Waals surface area contributed by atoms with Crippen LogP contribution in [0.15, 0.2) is 23.1 Å². The molecule has 1 aromatic rings. The number of aryl methyl sites for hydroxylation is 2. The van der Waals surface area contributed by atoms with Crippen molar-refractivity contribution >= 4 is 40.6 Å². The summed E-state index contributed by atoms with van der Waals surface area (Å²) >= 11 is 2.50. The molecule has 1 saturated heterocycles. The van der Waals surface area contributed by atoms with Crippen molar-refractivity contribution in [2.24, 2.45) is 0 Å². The second-order valence-electron chi connectivity index (χ2n) is 5.40. The first-order valence-electron chi connectivity index (χ1n) is 7.37. The van der Waals surface area contributed by atoms with Crippen molar-refractivity contribution in [3.63, 3.8) is 0 Å². The Balaban J connectivity index is 1.79. The zero-order valence-corrected chi connectivity index (χ0v) is 15.1. The fourth-order valence-electron chi connectivity index (χ4n) is 2.08. The van der Waals surface area contributed by atoms with E-state index in [1.165, 1.54) is 27.8 Å². The van der Waals surface area contributed by atoms with Crippen molar-refractivity contribution in [2.75, 3.05) is 18.8 Å². The summed E-state index contributed by atoms with van der Waals surface area (Å²) in [5, 5.41) is 2.31. The van der Waals surface area contributed by atoms with Gasteiger partial charge in [-0.05, 0) is 44.0 Å². The highest BCUT2D eigenvalue weighted by Gasteiger charge is 2.29. The summed E-state index contributed by atoms with van der Waals surface area (Å²) in [6.07, 6.45) is 0. The Hall–Kier alpha value is -1.47. The predicted octanol–water partition coefficient (Wildman–Crippen LogP) is 2.60. The number of carbonyl (C=O) groups is 3. The molecule has 0 bridgehead atoms. The minimum atomic E-state index is -0.239. The molecule has 23 heavy (non-hydrogen) atoms. The van der Waals surface area contributed by atoms with E-state index < -0.39 is 0 Å². The van der Waals surface area contributed by atoms with Crippen LogP contribution >= 0.6 is 23.5 Å². The van der Waals surface area contributed by atoms with Gasteiger partial charge in [0.15, 0.2) is 0 Å². The summed E-state index contributed by atoms with van der Waals surface area (Å²) in [5.74, 6) is -0.0852. The van der Waals surface area contributed by atoms with Crippen LogP contribution in [0.1, 0.15) is 18.1 Å². The lowest BCUT2D eigenvalue weighted by Crippen LogP contribution is -2.39. The van der Waals surface area contributed by atoms with E-state index >= 15 is 0 Å². The minimum Gasteiger partial charge on any atom is -0.353 e. The molecule has 1 aromatic carbocycles. The number of nitrogens with one attached hydrogen (secondary N) is 1. The topological polar surface area (TPSA) is 66.5 Å². The Morgan fingerprint density at radius 2 is 2.09 bits per heavy atom. The quantitative estimate of drug-likeness (QED) is 0.797. The van der Waals surface area contributed by atoms with E-state index in [1.54, 1.807) is 0 Å². The number of amides is 3. The summed E-state index contributed by atoms with van der Waals surface area (Å²) in [6.45, 7) is 6.47. The molecule has 0 unspecified atom stereocenters. The Morgan fingerprint density at radius 1 is 1.35 bits per heavy atom. The molecular weight excluding hydrogens is 332 g/mol. The van der Waals surface area contributed by atoms with Crippen LogP contribution in [0.5, 0.6) is 0 Å². The third-order valence-electron chi connectivity index (χ3n) is 3.64. The van der Waals surface area contributed by atoms with Crippen molar-refractivity contribution in [3.05, 3.63) is 29.3 Å². The van der Waals surface area contributed by atoms with E-state index in [0.717, 1.165) is 16.7 Å². The van der Waals surface area contributed by atoms with Crippen LogP contribution in [0, 0.1) is 13.8 Å². The lowest BCUT2D eigenvalue weighted by Gasteiger charge is -2.15. The summed E-state index contributed by atoms with van der Waals surface area (Å²) in [4.78, 5) is 37.3. The summed E-state index contributed by atoms with van der Waals surface area (Å²) < 4.78 is 0. The average molecular weight is 352 g/mol. The van der Waals surface area contributed by atoms with E-state index in [9.17, 15) is 14.4 Å². The van der Waals surface area contributed by atoms with Crippen molar-refractivity contribution in [3.8, 4) is 0 Å². The molecule has 3 amide bonds. The first-order chi connectivity index (χ1) is 10.9. The van der Waals surface area contributed by atoms with E-state index in [2.05, 4.69) is 18.3 Å². The second kappa shape index (κ2) is 7.88. The van der Waals surface area contributed by atoms with Crippen molar-refractivity contribution in [1.82, 2.24) is 10.2 Å². The monoisotopic (exact) mass is 352 g/mol. The fraction of sp³-hybridized carbons (Fsp3) is 0.438. The van der Waals surface area contributed by atoms with Crippen LogP contribution in [0.2, 0.25) is 0 Å². The number of thioether (sulfide) groups is 2. The maximum atomic E-state index is 12.1. The van der Waals surface area contributed by atoms with Crippen molar-refractivity contribution < 1.29 is 14.4 Å². The minimum absolute atomic E-state index is 0.0972. The van der Waals surface area contributed by atoms with Crippen LogP contribution < -0.4 is 5.32 Å². The van der Waals surface area contributed by atoms with Crippen LogP contribution in [0.3, 0.4) is 0 Å². The molecule has 0 aliphatic carbocycles. The first kappa shape index (κ1) is 17.9. The van der Waals surface area contributed by atoms with Gasteiger partial charge in [-0.15, -0.1) is 11.8 Å². The average Bonchev–Trinajstić information content (AvgIpc) is 2.82. The molecule has 0 saturated carbocycles. The molecule has 1 aliphatic rings. The Morgan fingerprint density at radius 3 is 2.70 bits per heavy atom. The number of hydrogen-bond donors (Lipinski definition) is 1. The Labute approximate surface area is 144 Å². The number of carbonyl (C=O) groups excluding carboxylic acids is 3. The van der Waals surface area contributed by atoms with E-state index in [4.69, 9.17) is 0 Å². The van der Waals surface area contributed by atoms with Crippen molar-refractivity contribution in [2.45, 2.75) is 30.9 Å². The smallest absolute Gasteiger partial charge is 0.288 e. The first-order valence-corrected chi connectivity index (χ1v) is 9.23. The highest BCUT2D eigenvalue weighted by atomic mass is 32.2. The maximum absolute atomic E-state index is 12.1. The zero-order valence-electron chi connectivity index (χ0n) is 13.4. The van der Waals surface area contributed by atoms with E-state index in [-0.39, 0.29) is 41.1 Å². The number of benzene rings is 1. The molecule has 2 rings (SSSR count). The molecule has 1 atom stereocenters. The maximum Gasteiger partial charge on any atom is 0.288 e. The third kappa shape index (κ3) is 4.75. The van der Waals surface area contributed by atoms with Crippen LogP contribution in [0.25, 0.3) is 0 Å². The molecule has 124 valence electrons.